The zero-order valence-electron chi connectivity index (χ0n) is 11.4. The van der Waals surface area contributed by atoms with Crippen molar-refractivity contribution in [2.45, 2.75) is 44.6 Å². The minimum atomic E-state index is -3.66. The summed E-state index contributed by atoms with van der Waals surface area (Å²) >= 11 is 0. The summed E-state index contributed by atoms with van der Waals surface area (Å²) in [5.41, 5.74) is 0.182. The van der Waals surface area contributed by atoms with Gasteiger partial charge in [0.05, 0.1) is 16.9 Å². The van der Waals surface area contributed by atoms with Crippen molar-refractivity contribution in [3.8, 4) is 12.3 Å². The van der Waals surface area contributed by atoms with E-state index in [2.05, 4.69) is 15.7 Å². The predicted octanol–water partition coefficient (Wildman–Crippen LogP) is 1.12. The van der Waals surface area contributed by atoms with Gasteiger partial charge in [-0.25, -0.2) is 8.42 Å². The van der Waals surface area contributed by atoms with E-state index in [1.54, 1.807) is 32.5 Å². The van der Waals surface area contributed by atoms with Gasteiger partial charge in [0.25, 0.3) is 0 Å². The molecule has 0 bridgehead atoms. The first kappa shape index (κ1) is 14.7. The average Bonchev–Trinajstić information content (AvgIpc) is 2.52. The summed E-state index contributed by atoms with van der Waals surface area (Å²) in [4.78, 5) is 0.208. The maximum absolute atomic E-state index is 12.4. The predicted molar refractivity (Wildman–Crippen MR) is 70.5 cm³/mol. The van der Waals surface area contributed by atoms with Crippen LogP contribution in [0.15, 0.2) is 4.90 Å². The van der Waals surface area contributed by atoms with Gasteiger partial charge in [-0.1, -0.05) is 12.8 Å². The third-order valence-corrected chi connectivity index (χ3v) is 4.94. The van der Waals surface area contributed by atoms with Crippen LogP contribution in [0.5, 0.6) is 0 Å². The molecule has 0 aromatic carbocycles. The number of terminal acetylenes is 1. The van der Waals surface area contributed by atoms with E-state index < -0.39 is 15.6 Å². The van der Waals surface area contributed by atoms with Crippen molar-refractivity contribution in [1.29, 1.82) is 0 Å². The van der Waals surface area contributed by atoms with Gasteiger partial charge in [-0.05, 0) is 27.2 Å². The SMILES string of the molecule is C#C[C@](C)(CC)NS(=O)(=O)c1c(C)nn(C)c1C. The van der Waals surface area contributed by atoms with E-state index in [-0.39, 0.29) is 4.90 Å². The van der Waals surface area contributed by atoms with Crippen molar-refractivity contribution in [1.82, 2.24) is 14.5 Å². The van der Waals surface area contributed by atoms with Gasteiger partial charge in [0.15, 0.2) is 0 Å². The topological polar surface area (TPSA) is 64.0 Å². The van der Waals surface area contributed by atoms with Crippen LogP contribution < -0.4 is 4.72 Å². The van der Waals surface area contributed by atoms with Crippen molar-refractivity contribution in [3.63, 3.8) is 0 Å². The van der Waals surface area contributed by atoms with E-state index in [4.69, 9.17) is 6.42 Å². The normalized spacial score (nSPS) is 15.1. The summed E-state index contributed by atoms with van der Waals surface area (Å²) < 4.78 is 28.8. The second kappa shape index (κ2) is 4.75. The fraction of sp³-hybridized carbons (Fsp3) is 0.583. The summed E-state index contributed by atoms with van der Waals surface area (Å²) in [6, 6.07) is 0. The molecule has 0 fully saturated rings. The van der Waals surface area contributed by atoms with Crippen molar-refractivity contribution in [2.24, 2.45) is 7.05 Å². The number of hydrogen-bond acceptors (Lipinski definition) is 3. The van der Waals surface area contributed by atoms with Gasteiger partial charge in [0.2, 0.25) is 10.0 Å². The molecule has 0 saturated heterocycles. The van der Waals surface area contributed by atoms with Gasteiger partial charge in [0, 0.05) is 7.05 Å². The van der Waals surface area contributed by atoms with E-state index in [1.807, 2.05) is 6.92 Å². The largest absolute Gasteiger partial charge is 0.271 e. The third-order valence-electron chi connectivity index (χ3n) is 3.10. The number of hydrogen-bond donors (Lipinski definition) is 1. The Bertz CT molecular complexity index is 596. The van der Waals surface area contributed by atoms with E-state index in [0.717, 1.165) is 0 Å². The van der Waals surface area contributed by atoms with Crippen LogP contribution in [-0.2, 0) is 17.1 Å². The molecular weight excluding hydrogens is 250 g/mol. The van der Waals surface area contributed by atoms with Crippen LogP contribution >= 0.6 is 0 Å². The maximum Gasteiger partial charge on any atom is 0.245 e. The van der Waals surface area contributed by atoms with E-state index in [1.165, 1.54) is 0 Å². The summed E-state index contributed by atoms with van der Waals surface area (Å²) in [6.45, 7) is 6.91. The molecule has 0 aliphatic heterocycles. The van der Waals surface area contributed by atoms with Crippen LogP contribution in [0, 0.1) is 26.2 Å². The van der Waals surface area contributed by atoms with Crippen LogP contribution in [0.2, 0.25) is 0 Å². The monoisotopic (exact) mass is 269 g/mol. The Morgan fingerprint density at radius 1 is 1.50 bits per heavy atom. The van der Waals surface area contributed by atoms with Crippen LogP contribution in [0.4, 0.5) is 0 Å². The third kappa shape index (κ3) is 2.57. The summed E-state index contributed by atoms with van der Waals surface area (Å²) in [5.74, 6) is 2.48. The van der Waals surface area contributed by atoms with Gasteiger partial charge in [0.1, 0.15) is 4.90 Å². The molecule has 0 saturated carbocycles. The van der Waals surface area contributed by atoms with Gasteiger partial charge in [-0.3, -0.25) is 4.68 Å². The molecule has 1 aromatic heterocycles. The molecule has 1 N–H and O–H groups in total. The van der Waals surface area contributed by atoms with Crippen molar-refractivity contribution < 1.29 is 8.42 Å². The number of aryl methyl sites for hydroxylation is 2. The first-order valence-electron chi connectivity index (χ1n) is 5.69. The fourth-order valence-electron chi connectivity index (χ4n) is 1.69. The van der Waals surface area contributed by atoms with Crippen LogP contribution in [0.25, 0.3) is 0 Å². The zero-order chi connectivity index (χ0) is 14.1. The number of nitrogens with one attached hydrogen (secondary N) is 1. The Balaban J connectivity index is 3.28. The van der Waals surface area contributed by atoms with Crippen LogP contribution in [-0.4, -0.2) is 23.7 Å². The molecule has 6 heteroatoms. The summed E-state index contributed by atoms with van der Waals surface area (Å²) in [7, 11) is -1.95. The number of sulfonamides is 1. The molecule has 1 heterocycles. The lowest BCUT2D eigenvalue weighted by Gasteiger charge is -2.23. The lowest BCUT2D eigenvalue weighted by Crippen LogP contribution is -2.44. The molecule has 1 rings (SSSR count). The maximum atomic E-state index is 12.4. The van der Waals surface area contributed by atoms with Crippen molar-refractivity contribution in [2.75, 3.05) is 0 Å². The van der Waals surface area contributed by atoms with Crippen molar-refractivity contribution >= 4 is 10.0 Å². The molecule has 18 heavy (non-hydrogen) atoms. The molecule has 5 nitrogen and oxygen atoms in total. The molecule has 0 radical (unpaired) electrons. The van der Waals surface area contributed by atoms with E-state index >= 15 is 0 Å². The highest BCUT2D eigenvalue weighted by Gasteiger charge is 2.31. The standard InChI is InChI=1S/C12H19N3O2S/c1-7-12(5,8-2)14-18(16,17)11-9(3)13-15(6)10(11)4/h1,14H,8H2,2-6H3/t12-/m1/s1. The Morgan fingerprint density at radius 2 is 2.06 bits per heavy atom. The average molecular weight is 269 g/mol. The quantitative estimate of drug-likeness (QED) is 0.833. The molecule has 100 valence electrons. The van der Waals surface area contributed by atoms with E-state index in [9.17, 15) is 8.42 Å². The molecule has 0 unspecified atom stereocenters. The molecule has 0 amide bonds. The lowest BCUT2D eigenvalue weighted by atomic mass is 10.0. The van der Waals surface area contributed by atoms with Gasteiger partial charge < -0.3 is 0 Å². The van der Waals surface area contributed by atoms with Gasteiger partial charge in [-0.2, -0.15) is 9.82 Å². The summed E-state index contributed by atoms with van der Waals surface area (Å²) in [5, 5.41) is 4.10. The first-order valence-corrected chi connectivity index (χ1v) is 7.17. The molecule has 0 aliphatic carbocycles. The molecule has 0 spiro atoms. The van der Waals surface area contributed by atoms with Gasteiger partial charge >= 0.3 is 0 Å². The molecule has 1 aromatic rings. The second-order valence-corrected chi connectivity index (χ2v) is 6.18. The molecular formula is C12H19N3O2S. The van der Waals surface area contributed by atoms with Gasteiger partial charge in [-0.15, -0.1) is 6.42 Å². The van der Waals surface area contributed by atoms with E-state index in [0.29, 0.717) is 17.8 Å². The molecule has 0 aliphatic rings. The Kier molecular flexibility index (Phi) is 3.89. The number of rotatable bonds is 4. The fourth-order valence-corrected chi connectivity index (χ4v) is 3.54. The number of nitrogens with zero attached hydrogens (tertiary/aromatic N) is 2. The minimum Gasteiger partial charge on any atom is -0.271 e. The first-order chi connectivity index (χ1) is 8.17. The highest BCUT2D eigenvalue weighted by atomic mass is 32.2. The highest BCUT2D eigenvalue weighted by Crippen LogP contribution is 2.21. The smallest absolute Gasteiger partial charge is 0.245 e. The van der Waals surface area contributed by atoms with Crippen molar-refractivity contribution in [3.05, 3.63) is 11.4 Å². The van der Waals surface area contributed by atoms with Crippen LogP contribution in [0.3, 0.4) is 0 Å². The molecule has 1 atom stereocenters. The second-order valence-electron chi connectivity index (χ2n) is 4.56. The van der Waals surface area contributed by atoms with Crippen LogP contribution in [0.1, 0.15) is 31.7 Å². The zero-order valence-corrected chi connectivity index (χ0v) is 12.2. The number of aromatic nitrogens is 2. The Labute approximate surface area is 109 Å². The lowest BCUT2D eigenvalue weighted by molar-refractivity contribution is 0.499. The minimum absolute atomic E-state index is 0.208. The Hall–Kier alpha value is -1.32. The summed E-state index contributed by atoms with van der Waals surface area (Å²) in [6.07, 6.45) is 5.90. The highest BCUT2D eigenvalue weighted by molar-refractivity contribution is 7.89. The Morgan fingerprint density at radius 3 is 2.39 bits per heavy atom.